The van der Waals surface area contributed by atoms with Gasteiger partial charge in [0.1, 0.15) is 11.9 Å². The van der Waals surface area contributed by atoms with Gasteiger partial charge in [-0.2, -0.15) is 0 Å². The molecule has 2 aromatic heterocycles. The lowest BCUT2D eigenvalue weighted by Crippen LogP contribution is -2.47. The summed E-state index contributed by atoms with van der Waals surface area (Å²) in [5.74, 6) is 1.02. The smallest absolute Gasteiger partial charge is 0.135 e. The van der Waals surface area contributed by atoms with Crippen molar-refractivity contribution in [2.24, 2.45) is 0 Å². The molecule has 5 rings (SSSR count). The summed E-state index contributed by atoms with van der Waals surface area (Å²) in [7, 11) is 0. The van der Waals surface area contributed by atoms with Crippen LogP contribution in [0.15, 0.2) is 35.8 Å². The highest BCUT2D eigenvalue weighted by Crippen LogP contribution is 2.49. The van der Waals surface area contributed by atoms with Crippen LogP contribution in [0.25, 0.3) is 0 Å². The van der Waals surface area contributed by atoms with Crippen molar-refractivity contribution in [1.82, 2.24) is 10.3 Å². The second-order valence-electron chi connectivity index (χ2n) is 9.40. The maximum Gasteiger partial charge on any atom is 0.135 e. The molecule has 0 amide bonds. The van der Waals surface area contributed by atoms with E-state index in [0.717, 1.165) is 57.7 Å². The van der Waals surface area contributed by atoms with Crippen LogP contribution in [0.5, 0.6) is 5.75 Å². The Balaban J connectivity index is 1.22. The van der Waals surface area contributed by atoms with Crippen LogP contribution < -0.4 is 10.1 Å². The summed E-state index contributed by atoms with van der Waals surface area (Å²) in [6.07, 6.45) is 11.4. The quantitative estimate of drug-likeness (QED) is 0.592. The molecule has 2 saturated heterocycles. The number of nitrogens with one attached hydrogen (secondary N) is 1. The number of nitrogens with zero attached hydrogens (tertiary/aromatic N) is 1. The van der Waals surface area contributed by atoms with Crippen molar-refractivity contribution in [3.63, 3.8) is 0 Å². The lowest BCUT2D eigenvalue weighted by molar-refractivity contribution is -0.104. The van der Waals surface area contributed by atoms with Gasteiger partial charge in [0.25, 0.3) is 0 Å². The van der Waals surface area contributed by atoms with Crippen LogP contribution in [-0.2, 0) is 21.4 Å². The molecule has 31 heavy (non-hydrogen) atoms. The zero-order chi connectivity index (χ0) is 21.0. The molecule has 5 nitrogen and oxygen atoms in total. The molecule has 1 spiro atoms. The summed E-state index contributed by atoms with van der Waals surface area (Å²) in [6, 6.07) is 8.48. The van der Waals surface area contributed by atoms with Gasteiger partial charge in [-0.25, -0.2) is 0 Å². The Morgan fingerprint density at radius 3 is 2.90 bits per heavy atom. The molecule has 6 heteroatoms. The summed E-state index contributed by atoms with van der Waals surface area (Å²) in [6.45, 7) is 4.18. The molecule has 2 aliphatic heterocycles. The number of aromatic nitrogens is 1. The Bertz CT molecular complexity index is 830. The molecule has 1 aliphatic carbocycles. The first-order valence-corrected chi connectivity index (χ1v) is 12.7. The summed E-state index contributed by atoms with van der Waals surface area (Å²) in [5.41, 5.74) is 1.42. The van der Waals surface area contributed by atoms with E-state index >= 15 is 0 Å². The van der Waals surface area contributed by atoms with E-state index in [-0.39, 0.29) is 17.1 Å². The molecule has 0 bridgehead atoms. The van der Waals surface area contributed by atoms with E-state index in [9.17, 15) is 0 Å². The Labute approximate surface area is 189 Å². The number of thiophene rings is 1. The first-order valence-electron chi connectivity index (χ1n) is 11.8. The van der Waals surface area contributed by atoms with E-state index in [1.807, 2.05) is 12.3 Å². The predicted octanol–water partition coefficient (Wildman–Crippen LogP) is 4.85. The summed E-state index contributed by atoms with van der Waals surface area (Å²) in [5, 5.41) is 5.83. The third-order valence-corrected chi connectivity index (χ3v) is 8.23. The van der Waals surface area contributed by atoms with Crippen molar-refractivity contribution >= 4 is 11.3 Å². The molecule has 2 aromatic rings. The highest BCUT2D eigenvalue weighted by atomic mass is 32.1. The first-order chi connectivity index (χ1) is 15.3. The van der Waals surface area contributed by atoms with Crippen LogP contribution in [0.2, 0.25) is 0 Å². The van der Waals surface area contributed by atoms with E-state index in [1.165, 1.54) is 36.3 Å². The highest BCUT2D eigenvalue weighted by Gasteiger charge is 2.48. The van der Waals surface area contributed by atoms with Crippen LogP contribution in [0.1, 0.15) is 61.9 Å². The summed E-state index contributed by atoms with van der Waals surface area (Å²) in [4.78, 5) is 6.09. The standard InChI is InChI=1S/C25H34N2O3S/c1-4-12-27-23(5-1)24(11-15-29-25(19-24)8-2-3-9-25)10-13-26-17-22-21(7-16-31-22)30-20-6-14-28-18-20/h1,4-5,7,12,16,20,26H,2-3,6,8-11,13-15,17-19H2/t20-,24-/m1/s1. The molecule has 1 saturated carbocycles. The average Bonchev–Trinajstić information content (AvgIpc) is 3.56. The maximum absolute atomic E-state index is 6.37. The van der Waals surface area contributed by atoms with E-state index < -0.39 is 0 Å². The van der Waals surface area contributed by atoms with Gasteiger partial charge < -0.3 is 19.5 Å². The van der Waals surface area contributed by atoms with E-state index in [2.05, 4.69) is 28.9 Å². The fourth-order valence-electron chi connectivity index (χ4n) is 5.67. The molecular weight excluding hydrogens is 408 g/mol. The number of hydrogen-bond acceptors (Lipinski definition) is 6. The Hall–Kier alpha value is -1.47. The molecule has 168 valence electrons. The molecule has 3 fully saturated rings. The molecular formula is C25H34N2O3S. The van der Waals surface area contributed by atoms with Crippen molar-refractivity contribution in [3.8, 4) is 5.75 Å². The van der Waals surface area contributed by atoms with Gasteiger partial charge >= 0.3 is 0 Å². The van der Waals surface area contributed by atoms with Crippen LogP contribution >= 0.6 is 11.3 Å². The van der Waals surface area contributed by atoms with Gasteiger partial charge in [0.05, 0.1) is 23.7 Å². The molecule has 0 aromatic carbocycles. The number of rotatable bonds is 8. The number of pyridine rings is 1. The van der Waals surface area contributed by atoms with E-state index in [1.54, 1.807) is 11.3 Å². The molecule has 2 atom stereocenters. The second-order valence-corrected chi connectivity index (χ2v) is 10.4. The summed E-state index contributed by atoms with van der Waals surface area (Å²) < 4.78 is 18.0. The first kappa shape index (κ1) is 21.4. The monoisotopic (exact) mass is 442 g/mol. The van der Waals surface area contributed by atoms with Crippen LogP contribution in [0.4, 0.5) is 0 Å². The average molecular weight is 443 g/mol. The molecule has 0 radical (unpaired) electrons. The van der Waals surface area contributed by atoms with Gasteiger partial charge in [0, 0.05) is 36.9 Å². The Morgan fingerprint density at radius 2 is 2.10 bits per heavy atom. The van der Waals surface area contributed by atoms with Crippen molar-refractivity contribution in [2.75, 3.05) is 26.4 Å². The predicted molar refractivity (Wildman–Crippen MR) is 123 cm³/mol. The van der Waals surface area contributed by atoms with Crippen LogP contribution in [0, 0.1) is 0 Å². The largest absolute Gasteiger partial charge is 0.487 e. The molecule has 0 unspecified atom stereocenters. The fourth-order valence-corrected chi connectivity index (χ4v) is 6.45. The van der Waals surface area contributed by atoms with Gasteiger partial charge in [-0.1, -0.05) is 18.9 Å². The normalized spacial score (nSPS) is 27.7. The topological polar surface area (TPSA) is 52.6 Å². The highest BCUT2D eigenvalue weighted by molar-refractivity contribution is 7.10. The molecule has 3 aliphatic rings. The van der Waals surface area contributed by atoms with Crippen molar-refractivity contribution in [1.29, 1.82) is 0 Å². The minimum absolute atomic E-state index is 0.0773. The van der Waals surface area contributed by atoms with Crippen molar-refractivity contribution in [3.05, 3.63) is 46.4 Å². The fraction of sp³-hybridized carbons (Fsp3) is 0.640. The van der Waals surface area contributed by atoms with E-state index in [0.29, 0.717) is 6.61 Å². The SMILES string of the molecule is c1ccc([C@]2(CCNCc3sccc3O[C@@H]3CCOC3)CCOC3(CCCC3)C2)nc1. The minimum atomic E-state index is 0.0773. The maximum atomic E-state index is 6.37. The van der Waals surface area contributed by atoms with Crippen LogP contribution in [-0.4, -0.2) is 43.1 Å². The van der Waals surface area contributed by atoms with Gasteiger partial charge in [0.2, 0.25) is 0 Å². The van der Waals surface area contributed by atoms with Gasteiger partial charge in [-0.3, -0.25) is 4.98 Å². The zero-order valence-electron chi connectivity index (χ0n) is 18.3. The van der Waals surface area contributed by atoms with Gasteiger partial charge in [-0.05, 0) is 62.2 Å². The van der Waals surface area contributed by atoms with Gasteiger partial charge in [-0.15, -0.1) is 11.3 Å². The van der Waals surface area contributed by atoms with Crippen molar-refractivity contribution < 1.29 is 14.2 Å². The van der Waals surface area contributed by atoms with Gasteiger partial charge in [0.15, 0.2) is 0 Å². The Kier molecular flexibility index (Phi) is 6.60. The van der Waals surface area contributed by atoms with Crippen LogP contribution in [0.3, 0.4) is 0 Å². The third-order valence-electron chi connectivity index (χ3n) is 7.32. The minimum Gasteiger partial charge on any atom is -0.487 e. The number of ether oxygens (including phenoxy) is 3. The van der Waals surface area contributed by atoms with Crippen molar-refractivity contribution in [2.45, 2.75) is 75.0 Å². The lowest BCUT2D eigenvalue weighted by atomic mass is 9.68. The Morgan fingerprint density at radius 1 is 1.16 bits per heavy atom. The lowest BCUT2D eigenvalue weighted by Gasteiger charge is -2.46. The molecule has 1 N–H and O–H groups in total. The molecule has 4 heterocycles. The third kappa shape index (κ3) is 4.82. The second kappa shape index (κ2) is 9.57. The zero-order valence-corrected chi connectivity index (χ0v) is 19.1. The van der Waals surface area contributed by atoms with E-state index in [4.69, 9.17) is 19.2 Å². The summed E-state index contributed by atoms with van der Waals surface area (Å²) >= 11 is 1.77. The number of hydrogen-bond donors (Lipinski definition) is 1.